The summed E-state index contributed by atoms with van der Waals surface area (Å²) in [6.07, 6.45) is 5.67. The highest BCUT2D eigenvalue weighted by molar-refractivity contribution is 5.77. The monoisotopic (exact) mass is 419 g/mol. The van der Waals surface area contributed by atoms with E-state index >= 15 is 0 Å². The van der Waals surface area contributed by atoms with Gasteiger partial charge in [-0.3, -0.25) is 9.59 Å². The fourth-order valence-electron chi connectivity index (χ4n) is 4.88. The van der Waals surface area contributed by atoms with Crippen molar-refractivity contribution in [2.75, 3.05) is 34.4 Å². The number of rotatable bonds is 7. The van der Waals surface area contributed by atoms with E-state index in [4.69, 9.17) is 14.2 Å². The molecule has 1 aliphatic carbocycles. The number of benzene rings is 1. The van der Waals surface area contributed by atoms with Crippen LogP contribution >= 0.6 is 0 Å². The lowest BCUT2D eigenvalue weighted by Gasteiger charge is -2.35. The topological polar surface area (TPSA) is 78.3 Å². The molecule has 1 saturated carbocycles. The molecule has 1 heterocycles. The number of hydrogen-bond acceptors (Lipinski definition) is 5. The Hall–Kier alpha value is -2.28. The molecule has 0 radical (unpaired) electrons. The molecule has 7 heteroatoms. The van der Waals surface area contributed by atoms with E-state index in [9.17, 15) is 9.59 Å². The molecule has 2 aliphatic rings. The Morgan fingerprint density at radius 1 is 1.10 bits per heavy atom. The van der Waals surface area contributed by atoms with Crippen LogP contribution in [0.1, 0.15) is 56.2 Å². The predicted octanol–water partition coefficient (Wildman–Crippen LogP) is 1.44. The zero-order valence-electron chi connectivity index (χ0n) is 18.6. The number of quaternary nitrogens is 1. The summed E-state index contributed by atoms with van der Waals surface area (Å²) < 4.78 is 15.9. The molecule has 0 aromatic heterocycles. The van der Waals surface area contributed by atoms with Crippen molar-refractivity contribution in [3.63, 3.8) is 0 Å². The number of amides is 1. The summed E-state index contributed by atoms with van der Waals surface area (Å²) in [6.45, 7) is 3.34. The third-order valence-corrected chi connectivity index (χ3v) is 6.67. The Morgan fingerprint density at radius 3 is 2.47 bits per heavy atom. The maximum atomic E-state index is 12.9. The van der Waals surface area contributed by atoms with Crippen LogP contribution in [0.5, 0.6) is 11.5 Å². The van der Waals surface area contributed by atoms with E-state index in [0.717, 1.165) is 35.4 Å². The van der Waals surface area contributed by atoms with Gasteiger partial charge in [0.05, 0.1) is 27.9 Å². The zero-order chi connectivity index (χ0) is 21.7. The van der Waals surface area contributed by atoms with Gasteiger partial charge in [-0.1, -0.05) is 19.8 Å². The summed E-state index contributed by atoms with van der Waals surface area (Å²) in [4.78, 5) is 26.1. The van der Waals surface area contributed by atoms with Gasteiger partial charge >= 0.3 is 5.97 Å². The van der Waals surface area contributed by atoms with Crippen LogP contribution in [0, 0.1) is 5.92 Å². The lowest BCUT2D eigenvalue weighted by atomic mass is 9.86. The van der Waals surface area contributed by atoms with Crippen molar-refractivity contribution < 1.29 is 28.7 Å². The van der Waals surface area contributed by atoms with Gasteiger partial charge in [0.1, 0.15) is 12.5 Å². The Morgan fingerprint density at radius 2 is 1.80 bits per heavy atom. The average molecular weight is 420 g/mol. The number of hydrogen-bond donors (Lipinski definition) is 2. The first-order valence-corrected chi connectivity index (χ1v) is 10.9. The van der Waals surface area contributed by atoms with Crippen LogP contribution in [0.4, 0.5) is 0 Å². The number of carbonyl (C=O) groups is 2. The highest BCUT2D eigenvalue weighted by Gasteiger charge is 2.36. The second kappa shape index (κ2) is 10.2. The van der Waals surface area contributed by atoms with E-state index in [1.54, 1.807) is 14.2 Å². The minimum absolute atomic E-state index is 0.0579. The summed E-state index contributed by atoms with van der Waals surface area (Å²) in [5.41, 5.74) is 2.16. The predicted molar refractivity (Wildman–Crippen MR) is 113 cm³/mol. The first kappa shape index (κ1) is 22.4. The van der Waals surface area contributed by atoms with E-state index in [1.807, 2.05) is 12.1 Å². The van der Waals surface area contributed by atoms with Crippen molar-refractivity contribution >= 4 is 11.9 Å². The van der Waals surface area contributed by atoms with Gasteiger partial charge in [-0.15, -0.1) is 0 Å². The Balaban J connectivity index is 1.80. The first-order valence-electron chi connectivity index (χ1n) is 10.9. The van der Waals surface area contributed by atoms with Crippen LogP contribution in [-0.4, -0.2) is 52.3 Å². The smallest absolute Gasteiger partial charge is 0.311 e. The molecule has 30 heavy (non-hydrogen) atoms. The number of esters is 1. The van der Waals surface area contributed by atoms with Gasteiger partial charge in [0.2, 0.25) is 0 Å². The maximum Gasteiger partial charge on any atom is 0.311 e. The van der Waals surface area contributed by atoms with Crippen LogP contribution in [0.2, 0.25) is 0 Å². The molecule has 1 unspecified atom stereocenters. The Bertz CT molecular complexity index is 766. The summed E-state index contributed by atoms with van der Waals surface area (Å²) in [6, 6.07) is 4.03. The molecule has 3 rings (SSSR count). The molecule has 1 aromatic rings. The van der Waals surface area contributed by atoms with Gasteiger partial charge in [-0.2, -0.15) is 0 Å². The highest BCUT2D eigenvalue weighted by atomic mass is 16.5. The molecule has 4 atom stereocenters. The molecule has 0 bridgehead atoms. The lowest BCUT2D eigenvalue weighted by Crippen LogP contribution is -3.14. The summed E-state index contributed by atoms with van der Waals surface area (Å²) >= 11 is 0. The minimum Gasteiger partial charge on any atom is -0.493 e. The van der Waals surface area contributed by atoms with E-state index < -0.39 is 0 Å². The first-order chi connectivity index (χ1) is 14.5. The number of methoxy groups -OCH3 is 3. The van der Waals surface area contributed by atoms with E-state index in [0.29, 0.717) is 24.0 Å². The van der Waals surface area contributed by atoms with Crippen molar-refractivity contribution in [2.24, 2.45) is 5.92 Å². The number of nitrogens with one attached hydrogen (secondary N) is 2. The molecule has 7 nitrogen and oxygen atoms in total. The molecule has 1 aliphatic heterocycles. The van der Waals surface area contributed by atoms with Crippen LogP contribution in [0.15, 0.2) is 12.1 Å². The van der Waals surface area contributed by atoms with Crippen molar-refractivity contribution in [1.29, 1.82) is 0 Å². The third-order valence-electron chi connectivity index (χ3n) is 6.67. The number of carbonyl (C=O) groups excluding carboxylic acids is 2. The van der Waals surface area contributed by atoms with Crippen LogP contribution in [0.3, 0.4) is 0 Å². The van der Waals surface area contributed by atoms with Crippen LogP contribution in [-0.2, 0) is 20.7 Å². The third kappa shape index (κ3) is 5.06. The van der Waals surface area contributed by atoms with Gasteiger partial charge < -0.3 is 24.4 Å². The largest absolute Gasteiger partial charge is 0.493 e. The van der Waals surface area contributed by atoms with Crippen LogP contribution < -0.4 is 19.7 Å². The Kier molecular flexibility index (Phi) is 7.58. The van der Waals surface area contributed by atoms with Crippen molar-refractivity contribution in [1.82, 2.24) is 5.32 Å². The van der Waals surface area contributed by atoms with Gasteiger partial charge in [0.15, 0.2) is 18.0 Å². The zero-order valence-corrected chi connectivity index (χ0v) is 18.6. The fraction of sp³-hybridized carbons (Fsp3) is 0.652. The average Bonchev–Trinajstić information content (AvgIpc) is 2.75. The molecule has 0 saturated heterocycles. The summed E-state index contributed by atoms with van der Waals surface area (Å²) in [5, 5.41) is 3.25. The molecular weight excluding hydrogens is 384 g/mol. The standard InChI is InChI=1S/C23H34N2O5/c1-15-7-5-6-8-18(15)24-22(26)14-25-10-9-16-11-20(28-2)21(29-3)12-17(16)19(25)13-23(27)30-4/h11-12,15,18-19H,5-10,13-14H2,1-4H3,(H,24,26)/p+1/t15-,18+,19-/m0/s1. The van der Waals surface area contributed by atoms with E-state index in [2.05, 4.69) is 12.2 Å². The molecule has 0 spiro atoms. The molecule has 1 aromatic carbocycles. The fourth-order valence-corrected chi connectivity index (χ4v) is 4.88. The summed E-state index contributed by atoms with van der Waals surface area (Å²) in [7, 11) is 4.62. The van der Waals surface area contributed by atoms with Gasteiger partial charge in [-0.25, -0.2) is 0 Å². The second-order valence-electron chi connectivity index (χ2n) is 8.51. The minimum atomic E-state index is -0.276. The summed E-state index contributed by atoms with van der Waals surface area (Å²) in [5.74, 6) is 1.61. The normalized spacial score (nSPS) is 25.7. The van der Waals surface area contributed by atoms with Crippen molar-refractivity contribution in [2.45, 2.75) is 57.5 Å². The lowest BCUT2D eigenvalue weighted by molar-refractivity contribution is -0.925. The maximum absolute atomic E-state index is 12.9. The van der Waals surface area contributed by atoms with Gasteiger partial charge in [0.25, 0.3) is 5.91 Å². The SMILES string of the molecule is COC(=O)C[C@H]1c2cc(OC)c(OC)cc2CC[NH+]1CC(=O)N[C@@H]1CCCC[C@@H]1C. The van der Waals surface area contributed by atoms with Crippen molar-refractivity contribution in [3.8, 4) is 11.5 Å². The van der Waals surface area contributed by atoms with E-state index in [1.165, 1.54) is 26.4 Å². The number of fused-ring (bicyclic) bond motifs is 1. The van der Waals surface area contributed by atoms with E-state index in [-0.39, 0.29) is 30.4 Å². The number of ether oxygens (including phenoxy) is 3. The molecule has 1 fully saturated rings. The Labute approximate surface area is 179 Å². The van der Waals surface area contributed by atoms with Gasteiger partial charge in [0, 0.05) is 18.0 Å². The second-order valence-corrected chi connectivity index (χ2v) is 8.51. The van der Waals surface area contributed by atoms with Gasteiger partial charge in [-0.05, 0) is 36.5 Å². The quantitative estimate of drug-likeness (QED) is 0.654. The molecule has 166 valence electrons. The molecular formula is C23H35N2O5+. The van der Waals surface area contributed by atoms with Crippen LogP contribution in [0.25, 0.3) is 0 Å². The van der Waals surface area contributed by atoms with Crippen molar-refractivity contribution in [3.05, 3.63) is 23.3 Å². The molecule has 1 amide bonds. The highest BCUT2D eigenvalue weighted by Crippen LogP contribution is 2.35. The molecule has 2 N–H and O–H groups in total.